The van der Waals surface area contributed by atoms with Crippen molar-refractivity contribution in [3.8, 4) is 5.75 Å². The first-order valence-corrected chi connectivity index (χ1v) is 12.7. The molecule has 1 saturated heterocycles. The van der Waals surface area contributed by atoms with Crippen molar-refractivity contribution in [1.82, 2.24) is 14.8 Å². The minimum Gasteiger partial charge on any atom is -0.483 e. The number of aromatic nitrogens is 1. The van der Waals surface area contributed by atoms with Gasteiger partial charge in [-0.1, -0.05) is 37.3 Å². The maximum absolute atomic E-state index is 12.7. The van der Waals surface area contributed by atoms with Gasteiger partial charge >= 0.3 is 0 Å². The molecule has 0 atom stereocenters. The molecule has 0 aliphatic carbocycles. The number of amides is 2. The van der Waals surface area contributed by atoms with Gasteiger partial charge in [-0.15, -0.1) is 0 Å². The largest absolute Gasteiger partial charge is 0.483 e. The van der Waals surface area contributed by atoms with Gasteiger partial charge in [0.15, 0.2) is 17.5 Å². The Morgan fingerprint density at radius 3 is 2.56 bits per heavy atom. The molecule has 0 saturated carbocycles. The zero-order valence-corrected chi connectivity index (χ0v) is 21.5. The van der Waals surface area contributed by atoms with Crippen molar-refractivity contribution < 1.29 is 19.1 Å². The van der Waals surface area contributed by atoms with E-state index in [-0.39, 0.29) is 30.1 Å². The second-order valence-corrected chi connectivity index (χ2v) is 10.1. The third-order valence-electron chi connectivity index (χ3n) is 6.01. The van der Waals surface area contributed by atoms with E-state index in [1.807, 2.05) is 45.2 Å². The molecule has 1 fully saturated rings. The number of para-hydroxylation sites is 1. The molecule has 1 aliphatic heterocycles. The van der Waals surface area contributed by atoms with Crippen molar-refractivity contribution in [2.45, 2.75) is 19.8 Å². The molecule has 0 spiro atoms. The van der Waals surface area contributed by atoms with Crippen LogP contribution >= 0.6 is 11.3 Å². The number of carbonyl (C=O) groups is 3. The highest BCUT2D eigenvalue weighted by Gasteiger charge is 2.18. The van der Waals surface area contributed by atoms with Crippen molar-refractivity contribution in [3.05, 3.63) is 65.7 Å². The average Bonchev–Trinajstić information content (AvgIpc) is 3.28. The molecule has 2 heterocycles. The second kappa shape index (κ2) is 11.5. The number of piperazine rings is 1. The summed E-state index contributed by atoms with van der Waals surface area (Å²) in [7, 11) is 2.02. The van der Waals surface area contributed by atoms with Crippen LogP contribution in [0.25, 0.3) is 10.2 Å². The minimum atomic E-state index is -0.311. The second-order valence-electron chi connectivity index (χ2n) is 9.06. The molecule has 2 amide bonds. The smallest absolute Gasteiger partial charge is 0.264 e. The van der Waals surface area contributed by atoms with Crippen LogP contribution < -0.4 is 10.1 Å². The fourth-order valence-corrected chi connectivity index (χ4v) is 4.77. The van der Waals surface area contributed by atoms with Crippen molar-refractivity contribution >= 4 is 44.3 Å². The number of rotatable bonds is 8. The van der Waals surface area contributed by atoms with Crippen LogP contribution in [-0.2, 0) is 9.59 Å². The van der Waals surface area contributed by atoms with Crippen LogP contribution in [0.3, 0.4) is 0 Å². The molecule has 2 aromatic carbocycles. The molecule has 8 nitrogen and oxygen atoms in total. The van der Waals surface area contributed by atoms with Crippen LogP contribution in [0.2, 0.25) is 0 Å². The number of nitrogens with one attached hydrogen (secondary N) is 1. The molecule has 0 radical (unpaired) electrons. The molecule has 1 aromatic heterocycles. The van der Waals surface area contributed by atoms with Crippen molar-refractivity contribution in [1.29, 1.82) is 0 Å². The summed E-state index contributed by atoms with van der Waals surface area (Å²) in [6.45, 7) is 6.77. The van der Waals surface area contributed by atoms with Gasteiger partial charge in [-0.3, -0.25) is 19.7 Å². The highest BCUT2D eigenvalue weighted by Crippen LogP contribution is 2.29. The zero-order chi connectivity index (χ0) is 25.7. The fourth-order valence-electron chi connectivity index (χ4n) is 3.88. The number of carbonyl (C=O) groups excluding carboxylic acids is 3. The third-order valence-corrected chi connectivity index (χ3v) is 6.96. The Morgan fingerprint density at radius 2 is 1.83 bits per heavy atom. The molecular weight excluding hydrogens is 476 g/mol. The van der Waals surface area contributed by atoms with Gasteiger partial charge in [0.2, 0.25) is 5.91 Å². The number of anilines is 1. The van der Waals surface area contributed by atoms with Crippen LogP contribution in [0.5, 0.6) is 5.75 Å². The molecule has 4 rings (SSSR count). The van der Waals surface area contributed by atoms with Gasteiger partial charge in [0, 0.05) is 37.8 Å². The quantitative estimate of drug-likeness (QED) is 0.367. The first-order valence-electron chi connectivity index (χ1n) is 11.9. The summed E-state index contributed by atoms with van der Waals surface area (Å²) in [6, 6.07) is 12.8. The Balaban J connectivity index is 1.37. The summed E-state index contributed by atoms with van der Waals surface area (Å²) in [5.74, 6) is -0.108. The first kappa shape index (κ1) is 25.5. The van der Waals surface area contributed by atoms with E-state index in [9.17, 15) is 14.4 Å². The normalized spacial score (nSPS) is 14.5. The summed E-state index contributed by atoms with van der Waals surface area (Å²) in [5, 5.41) is 3.30. The summed E-state index contributed by atoms with van der Waals surface area (Å²) < 4.78 is 6.79. The van der Waals surface area contributed by atoms with Gasteiger partial charge in [0.05, 0.1) is 10.2 Å². The maximum Gasteiger partial charge on any atom is 0.264 e. The Labute approximate surface area is 214 Å². The number of ether oxygens (including phenoxy) is 1. The van der Waals surface area contributed by atoms with Gasteiger partial charge in [-0.2, -0.15) is 0 Å². The monoisotopic (exact) mass is 506 g/mol. The van der Waals surface area contributed by atoms with Crippen LogP contribution in [-0.4, -0.2) is 72.2 Å². The van der Waals surface area contributed by atoms with Crippen molar-refractivity contribution in [2.24, 2.45) is 0 Å². The lowest BCUT2D eigenvalue weighted by Gasteiger charge is -2.31. The lowest BCUT2D eigenvalue weighted by molar-refractivity contribution is -0.127. The standard InChI is InChI=1S/C27H30N4O4S/c1-18(2)20-16-19(22(32)9-11-26(34)31-14-12-30(3)13-15-31)8-10-23(20)35-17-25(33)29-27-28-21-6-4-5-7-24(21)36-27/h4-11,16,18H,12-15,17H2,1-3H3,(H,28,29,33)/b11-9+. The summed E-state index contributed by atoms with van der Waals surface area (Å²) in [5.41, 5.74) is 2.11. The SMILES string of the molecule is CC(C)c1cc(C(=O)/C=C/C(=O)N2CCN(C)CC2)ccc1OCC(=O)Nc1nc2ccccc2s1. The number of benzene rings is 2. The molecule has 3 aromatic rings. The lowest BCUT2D eigenvalue weighted by Crippen LogP contribution is -2.46. The molecule has 1 N–H and O–H groups in total. The van der Waals surface area contributed by atoms with E-state index in [0.717, 1.165) is 28.9 Å². The summed E-state index contributed by atoms with van der Waals surface area (Å²) in [4.78, 5) is 45.9. The number of hydrogen-bond acceptors (Lipinski definition) is 7. The predicted molar refractivity (Wildman–Crippen MR) is 142 cm³/mol. The molecule has 0 unspecified atom stereocenters. The molecule has 188 valence electrons. The summed E-state index contributed by atoms with van der Waals surface area (Å²) in [6.07, 6.45) is 2.67. The molecule has 36 heavy (non-hydrogen) atoms. The highest BCUT2D eigenvalue weighted by atomic mass is 32.1. The van der Waals surface area contributed by atoms with Gasteiger partial charge < -0.3 is 14.5 Å². The number of likely N-dealkylation sites (N-methyl/N-ethyl adjacent to an activating group) is 1. The van der Waals surface area contributed by atoms with Crippen LogP contribution in [0.4, 0.5) is 5.13 Å². The molecule has 9 heteroatoms. The van der Waals surface area contributed by atoms with E-state index in [1.54, 1.807) is 23.1 Å². The Hall–Kier alpha value is -3.56. The molecule has 0 bridgehead atoms. The Kier molecular flexibility index (Phi) is 8.12. The van der Waals surface area contributed by atoms with Crippen LogP contribution in [0.15, 0.2) is 54.6 Å². The minimum absolute atomic E-state index is 0.0658. The van der Waals surface area contributed by atoms with E-state index in [4.69, 9.17) is 4.74 Å². The van der Waals surface area contributed by atoms with E-state index >= 15 is 0 Å². The van der Waals surface area contributed by atoms with Gasteiger partial charge in [-0.05, 0) is 54.9 Å². The molecular formula is C27H30N4O4S. The van der Waals surface area contributed by atoms with Gasteiger partial charge in [-0.25, -0.2) is 4.98 Å². The van der Waals surface area contributed by atoms with E-state index in [0.29, 0.717) is 29.5 Å². The molecule has 1 aliphatic rings. The van der Waals surface area contributed by atoms with Crippen LogP contribution in [0.1, 0.15) is 35.7 Å². The van der Waals surface area contributed by atoms with Crippen molar-refractivity contribution in [2.75, 3.05) is 45.2 Å². The van der Waals surface area contributed by atoms with Gasteiger partial charge in [0.25, 0.3) is 5.91 Å². The topological polar surface area (TPSA) is 91.8 Å². The Bertz CT molecular complexity index is 1260. The maximum atomic E-state index is 12.7. The number of hydrogen-bond donors (Lipinski definition) is 1. The van der Waals surface area contributed by atoms with Crippen molar-refractivity contribution in [3.63, 3.8) is 0 Å². The third kappa shape index (κ3) is 6.35. The lowest BCUT2D eigenvalue weighted by atomic mass is 9.98. The van der Waals surface area contributed by atoms with Crippen LogP contribution in [0, 0.1) is 0 Å². The average molecular weight is 507 g/mol. The van der Waals surface area contributed by atoms with E-state index in [2.05, 4.69) is 15.2 Å². The van der Waals surface area contributed by atoms with E-state index in [1.165, 1.54) is 23.5 Å². The predicted octanol–water partition coefficient (Wildman–Crippen LogP) is 3.95. The number of nitrogens with zero attached hydrogens (tertiary/aromatic N) is 3. The highest BCUT2D eigenvalue weighted by molar-refractivity contribution is 7.22. The zero-order valence-electron chi connectivity index (χ0n) is 20.7. The van der Waals surface area contributed by atoms with Gasteiger partial charge in [0.1, 0.15) is 5.75 Å². The van der Waals surface area contributed by atoms with E-state index < -0.39 is 0 Å². The number of fused-ring (bicyclic) bond motifs is 1. The fraction of sp³-hybridized carbons (Fsp3) is 0.333. The number of thiazole rings is 1. The first-order chi connectivity index (χ1) is 17.3. The number of allylic oxidation sites excluding steroid dienone is 1. The summed E-state index contributed by atoms with van der Waals surface area (Å²) >= 11 is 1.40. The number of ketones is 1. The Morgan fingerprint density at radius 1 is 1.08 bits per heavy atom.